The third kappa shape index (κ3) is 4.85. The lowest BCUT2D eigenvalue weighted by Gasteiger charge is -2.31. The lowest BCUT2D eigenvalue weighted by Crippen LogP contribution is -2.41. The Morgan fingerprint density at radius 1 is 1.07 bits per heavy atom. The summed E-state index contributed by atoms with van der Waals surface area (Å²) in [5.41, 5.74) is 2.49. The van der Waals surface area contributed by atoms with Crippen LogP contribution in [0.25, 0.3) is 0 Å². The van der Waals surface area contributed by atoms with Gasteiger partial charge in [-0.1, -0.05) is 17.7 Å². The summed E-state index contributed by atoms with van der Waals surface area (Å²) in [6.45, 7) is 6.58. The first kappa shape index (κ1) is 21.9. The van der Waals surface area contributed by atoms with Crippen LogP contribution < -0.4 is 4.72 Å². The van der Waals surface area contributed by atoms with E-state index in [0.717, 1.165) is 16.7 Å². The second-order valence-corrected chi connectivity index (χ2v) is 11.3. The molecule has 0 bridgehead atoms. The summed E-state index contributed by atoms with van der Waals surface area (Å²) in [5.74, 6) is 0.0937. The Bertz CT molecular complexity index is 1050. The first-order valence-corrected chi connectivity index (χ1v) is 12.5. The van der Waals surface area contributed by atoms with Gasteiger partial charge < -0.3 is 0 Å². The molecule has 2 aromatic rings. The van der Waals surface area contributed by atoms with E-state index in [1.54, 1.807) is 19.9 Å². The monoisotopic (exact) mass is 437 g/mol. The van der Waals surface area contributed by atoms with Gasteiger partial charge >= 0.3 is 0 Å². The van der Waals surface area contributed by atoms with E-state index in [1.807, 2.05) is 19.1 Å². The molecular formula is C20H27N3O4S2. The second-order valence-electron chi connectivity index (χ2n) is 7.62. The quantitative estimate of drug-likeness (QED) is 0.748. The second kappa shape index (κ2) is 8.51. The summed E-state index contributed by atoms with van der Waals surface area (Å²) < 4.78 is 55.1. The molecule has 0 amide bonds. The molecule has 1 saturated heterocycles. The molecule has 1 aliphatic heterocycles. The number of nitrogens with one attached hydrogen (secondary N) is 1. The van der Waals surface area contributed by atoms with E-state index in [9.17, 15) is 16.8 Å². The largest absolute Gasteiger partial charge is 0.263 e. The number of aromatic nitrogens is 1. The Morgan fingerprint density at radius 3 is 2.24 bits per heavy atom. The van der Waals surface area contributed by atoms with Crippen molar-refractivity contribution in [3.05, 3.63) is 53.3 Å². The maximum atomic E-state index is 12.8. The average Bonchev–Trinajstić information content (AvgIpc) is 2.66. The molecule has 0 aliphatic carbocycles. The van der Waals surface area contributed by atoms with E-state index in [1.165, 1.54) is 22.8 Å². The van der Waals surface area contributed by atoms with Crippen molar-refractivity contribution in [1.82, 2.24) is 14.0 Å². The van der Waals surface area contributed by atoms with Gasteiger partial charge in [-0.05, 0) is 62.8 Å². The summed E-state index contributed by atoms with van der Waals surface area (Å²) in [6.07, 6.45) is 4.10. The predicted molar refractivity (Wildman–Crippen MR) is 112 cm³/mol. The van der Waals surface area contributed by atoms with Crippen LogP contribution in [0.15, 0.2) is 46.5 Å². The van der Waals surface area contributed by atoms with E-state index in [0.29, 0.717) is 37.4 Å². The van der Waals surface area contributed by atoms with Crippen molar-refractivity contribution >= 4 is 20.0 Å². The van der Waals surface area contributed by atoms with Gasteiger partial charge in [0.15, 0.2) is 0 Å². The molecule has 0 atom stereocenters. The number of piperidine rings is 1. The Balaban J connectivity index is 1.62. The van der Waals surface area contributed by atoms with Crippen molar-refractivity contribution in [2.24, 2.45) is 5.92 Å². The highest BCUT2D eigenvalue weighted by Gasteiger charge is 2.30. The molecule has 2 heterocycles. The number of hydrogen-bond acceptors (Lipinski definition) is 5. The van der Waals surface area contributed by atoms with Crippen LogP contribution >= 0.6 is 0 Å². The molecule has 3 rings (SSSR count). The van der Waals surface area contributed by atoms with Crippen LogP contribution in [0.5, 0.6) is 0 Å². The zero-order chi connectivity index (χ0) is 21.2. The molecule has 29 heavy (non-hydrogen) atoms. The molecular weight excluding hydrogens is 410 g/mol. The standard InChI is InChI=1S/C20H27N3O4S2/c1-15-11-16(2)20(17(3)12-15)28(24,25)22-13-18-6-9-23(10-7-18)29(26,27)19-5-4-8-21-14-19/h4-5,8,11-12,14,18,22H,6-7,9-10,13H2,1-3H3. The molecule has 1 N–H and O–H groups in total. The number of hydrogen-bond donors (Lipinski definition) is 1. The van der Waals surface area contributed by atoms with Crippen LogP contribution in [0.3, 0.4) is 0 Å². The Hall–Kier alpha value is -1.81. The van der Waals surface area contributed by atoms with Gasteiger partial charge in [-0.15, -0.1) is 0 Å². The lowest BCUT2D eigenvalue weighted by atomic mass is 9.99. The first-order valence-electron chi connectivity index (χ1n) is 9.59. The van der Waals surface area contributed by atoms with E-state index < -0.39 is 20.0 Å². The SMILES string of the molecule is Cc1cc(C)c(S(=O)(=O)NCC2CCN(S(=O)(=O)c3cccnc3)CC2)c(C)c1. The lowest BCUT2D eigenvalue weighted by molar-refractivity contribution is 0.274. The van der Waals surface area contributed by atoms with E-state index in [2.05, 4.69) is 9.71 Å². The van der Waals surface area contributed by atoms with E-state index >= 15 is 0 Å². The fourth-order valence-corrected chi connectivity index (χ4v) is 6.89. The molecule has 0 saturated carbocycles. The van der Waals surface area contributed by atoms with Crippen LogP contribution in [-0.4, -0.2) is 45.8 Å². The molecule has 7 nitrogen and oxygen atoms in total. The van der Waals surface area contributed by atoms with E-state index in [4.69, 9.17) is 0 Å². The van der Waals surface area contributed by atoms with Gasteiger partial charge in [0.2, 0.25) is 20.0 Å². The molecule has 1 aromatic carbocycles. The van der Waals surface area contributed by atoms with Crippen molar-refractivity contribution in [2.75, 3.05) is 19.6 Å². The van der Waals surface area contributed by atoms with Crippen molar-refractivity contribution in [1.29, 1.82) is 0 Å². The zero-order valence-electron chi connectivity index (χ0n) is 16.9. The fraction of sp³-hybridized carbons (Fsp3) is 0.450. The van der Waals surface area contributed by atoms with Gasteiger partial charge in [-0.2, -0.15) is 4.31 Å². The van der Waals surface area contributed by atoms with Crippen LogP contribution in [-0.2, 0) is 20.0 Å². The van der Waals surface area contributed by atoms with Crippen molar-refractivity contribution in [3.63, 3.8) is 0 Å². The maximum Gasteiger partial charge on any atom is 0.244 e. The molecule has 1 fully saturated rings. The first-order chi connectivity index (χ1) is 13.6. The van der Waals surface area contributed by atoms with Gasteiger partial charge in [0, 0.05) is 32.0 Å². The number of sulfonamides is 2. The van der Waals surface area contributed by atoms with Crippen LogP contribution in [0.2, 0.25) is 0 Å². The summed E-state index contributed by atoms with van der Waals surface area (Å²) in [5, 5.41) is 0. The summed E-state index contributed by atoms with van der Waals surface area (Å²) in [6, 6.07) is 6.87. The van der Waals surface area contributed by atoms with Crippen molar-refractivity contribution in [2.45, 2.75) is 43.4 Å². The highest BCUT2D eigenvalue weighted by Crippen LogP contribution is 2.25. The highest BCUT2D eigenvalue weighted by molar-refractivity contribution is 7.89. The Labute approximate surface area is 173 Å². The Morgan fingerprint density at radius 2 is 1.69 bits per heavy atom. The van der Waals surface area contributed by atoms with Gasteiger partial charge in [0.1, 0.15) is 4.90 Å². The number of aryl methyl sites for hydroxylation is 3. The topological polar surface area (TPSA) is 96.4 Å². The van der Waals surface area contributed by atoms with Crippen LogP contribution in [0.4, 0.5) is 0 Å². The number of rotatable bonds is 6. The molecule has 9 heteroatoms. The highest BCUT2D eigenvalue weighted by atomic mass is 32.2. The molecule has 0 spiro atoms. The molecule has 1 aliphatic rings. The summed E-state index contributed by atoms with van der Waals surface area (Å²) in [4.78, 5) is 4.40. The third-order valence-electron chi connectivity index (χ3n) is 5.28. The zero-order valence-corrected chi connectivity index (χ0v) is 18.6. The minimum absolute atomic E-state index is 0.0937. The fourth-order valence-electron chi connectivity index (χ4n) is 3.89. The molecule has 158 valence electrons. The minimum atomic E-state index is -3.61. The smallest absolute Gasteiger partial charge is 0.244 e. The van der Waals surface area contributed by atoms with Crippen LogP contribution in [0, 0.1) is 26.7 Å². The summed E-state index contributed by atoms with van der Waals surface area (Å²) >= 11 is 0. The normalized spacial score (nSPS) is 16.8. The van der Waals surface area contributed by atoms with Gasteiger partial charge in [0.05, 0.1) is 4.90 Å². The van der Waals surface area contributed by atoms with Gasteiger partial charge in [-0.25, -0.2) is 21.6 Å². The number of pyridine rings is 1. The van der Waals surface area contributed by atoms with Gasteiger partial charge in [0.25, 0.3) is 0 Å². The third-order valence-corrected chi connectivity index (χ3v) is 8.89. The molecule has 0 radical (unpaired) electrons. The van der Waals surface area contributed by atoms with Crippen LogP contribution in [0.1, 0.15) is 29.5 Å². The van der Waals surface area contributed by atoms with Crippen molar-refractivity contribution in [3.8, 4) is 0 Å². The molecule has 1 aromatic heterocycles. The van der Waals surface area contributed by atoms with Crippen molar-refractivity contribution < 1.29 is 16.8 Å². The molecule has 0 unspecified atom stereocenters. The number of benzene rings is 1. The summed E-state index contributed by atoms with van der Waals surface area (Å²) in [7, 11) is -7.17. The average molecular weight is 438 g/mol. The Kier molecular flexibility index (Phi) is 6.42. The number of nitrogens with zero attached hydrogens (tertiary/aromatic N) is 2. The van der Waals surface area contributed by atoms with Gasteiger partial charge in [-0.3, -0.25) is 4.98 Å². The minimum Gasteiger partial charge on any atom is -0.263 e. The maximum absolute atomic E-state index is 12.8. The predicted octanol–water partition coefficient (Wildman–Crippen LogP) is 2.39. The van der Waals surface area contributed by atoms with E-state index in [-0.39, 0.29) is 10.8 Å².